The second-order valence-corrected chi connectivity index (χ2v) is 3.75. The van der Waals surface area contributed by atoms with Crippen molar-refractivity contribution in [2.24, 2.45) is 0 Å². The van der Waals surface area contributed by atoms with Gasteiger partial charge in [-0.2, -0.15) is 5.26 Å². The number of rotatable bonds is 1. The second-order valence-electron chi connectivity index (χ2n) is 3.75. The molecule has 0 N–H and O–H groups in total. The Balaban J connectivity index is 2.93. The van der Waals surface area contributed by atoms with Crippen molar-refractivity contribution in [1.82, 2.24) is 4.68 Å². The minimum absolute atomic E-state index is 0.763. The molecule has 0 spiro atoms. The van der Waals surface area contributed by atoms with Crippen LogP contribution in [0.4, 0.5) is 0 Å². The number of aromatic nitrogens is 1. The van der Waals surface area contributed by atoms with Gasteiger partial charge in [-0.1, -0.05) is 18.2 Å². The third-order valence-electron chi connectivity index (χ3n) is 2.59. The Hall–Kier alpha value is -1.95. The fraction of sp³-hybridized carbons (Fsp3) is 0.250. The van der Waals surface area contributed by atoms with E-state index >= 15 is 0 Å². The lowest BCUT2D eigenvalue weighted by Crippen LogP contribution is -2.25. The van der Waals surface area contributed by atoms with Crippen LogP contribution in [0, 0.1) is 18.3 Å². The molecule has 76 valence electrons. The lowest BCUT2D eigenvalue weighted by Gasteiger charge is -2.17. The van der Waals surface area contributed by atoms with E-state index < -0.39 is 0 Å². The standard InChI is InChI=1S/C12H13N3/c1-9-11(8-13)10-6-4-5-7-12(10)15(9)14(2)3/h4-7H,1-3H3. The van der Waals surface area contributed by atoms with Gasteiger partial charge in [0.1, 0.15) is 6.07 Å². The molecule has 15 heavy (non-hydrogen) atoms. The molecule has 1 aromatic carbocycles. The van der Waals surface area contributed by atoms with Crippen molar-refractivity contribution in [3.63, 3.8) is 0 Å². The van der Waals surface area contributed by atoms with Crippen LogP contribution in [0.25, 0.3) is 10.9 Å². The molecule has 0 unspecified atom stereocenters. The summed E-state index contributed by atoms with van der Waals surface area (Å²) in [5.74, 6) is 0. The smallest absolute Gasteiger partial charge is 0.102 e. The molecule has 2 rings (SSSR count). The van der Waals surface area contributed by atoms with Crippen molar-refractivity contribution in [3.8, 4) is 6.07 Å². The van der Waals surface area contributed by atoms with Crippen molar-refractivity contribution < 1.29 is 0 Å². The monoisotopic (exact) mass is 199 g/mol. The summed E-state index contributed by atoms with van der Waals surface area (Å²) >= 11 is 0. The first-order valence-electron chi connectivity index (χ1n) is 4.84. The van der Waals surface area contributed by atoms with E-state index in [4.69, 9.17) is 5.26 Å². The van der Waals surface area contributed by atoms with Crippen LogP contribution in [0.15, 0.2) is 24.3 Å². The van der Waals surface area contributed by atoms with Crippen molar-refractivity contribution in [2.45, 2.75) is 6.92 Å². The zero-order chi connectivity index (χ0) is 11.0. The fourth-order valence-electron chi connectivity index (χ4n) is 2.01. The predicted molar refractivity (Wildman–Crippen MR) is 61.5 cm³/mol. The highest BCUT2D eigenvalue weighted by molar-refractivity contribution is 5.88. The topological polar surface area (TPSA) is 32.0 Å². The number of hydrogen-bond donors (Lipinski definition) is 0. The van der Waals surface area contributed by atoms with Gasteiger partial charge in [-0.15, -0.1) is 0 Å². The van der Waals surface area contributed by atoms with E-state index in [1.54, 1.807) is 0 Å². The highest BCUT2D eigenvalue weighted by atomic mass is 15.5. The van der Waals surface area contributed by atoms with Crippen LogP contribution in [-0.2, 0) is 0 Å². The largest absolute Gasteiger partial charge is 0.319 e. The molecular formula is C12H13N3. The van der Waals surface area contributed by atoms with E-state index in [2.05, 4.69) is 6.07 Å². The second kappa shape index (κ2) is 3.32. The summed E-state index contributed by atoms with van der Waals surface area (Å²) in [6.45, 7) is 1.97. The average Bonchev–Trinajstić information content (AvgIpc) is 2.49. The quantitative estimate of drug-likeness (QED) is 0.703. The molecule has 0 aliphatic carbocycles. The molecule has 0 amide bonds. The molecule has 3 heteroatoms. The van der Waals surface area contributed by atoms with E-state index in [0.717, 1.165) is 22.2 Å². The summed E-state index contributed by atoms with van der Waals surface area (Å²) in [5, 5.41) is 12.1. The first-order chi connectivity index (χ1) is 7.16. The van der Waals surface area contributed by atoms with Crippen LogP contribution in [0.5, 0.6) is 0 Å². The van der Waals surface area contributed by atoms with Crippen LogP contribution in [-0.4, -0.2) is 18.8 Å². The van der Waals surface area contributed by atoms with Crippen molar-refractivity contribution in [3.05, 3.63) is 35.5 Å². The molecule has 0 bridgehead atoms. The number of nitriles is 1. The van der Waals surface area contributed by atoms with E-state index in [1.807, 2.05) is 55.0 Å². The SMILES string of the molecule is Cc1c(C#N)c2ccccc2n1N(C)C. The zero-order valence-corrected chi connectivity index (χ0v) is 9.15. The van der Waals surface area contributed by atoms with Gasteiger partial charge in [-0.25, -0.2) is 0 Å². The third kappa shape index (κ3) is 1.26. The number of hydrogen-bond acceptors (Lipinski definition) is 2. The maximum absolute atomic E-state index is 9.13. The predicted octanol–water partition coefficient (Wildman–Crippen LogP) is 2.02. The fourth-order valence-corrected chi connectivity index (χ4v) is 2.01. The summed E-state index contributed by atoms with van der Waals surface area (Å²) in [5.41, 5.74) is 2.83. The van der Waals surface area contributed by atoms with Gasteiger partial charge in [0.15, 0.2) is 0 Å². The summed E-state index contributed by atoms with van der Waals surface area (Å²) in [4.78, 5) is 0. The molecule has 0 aliphatic rings. The minimum Gasteiger partial charge on any atom is -0.319 e. The van der Waals surface area contributed by atoms with Gasteiger partial charge < -0.3 is 5.01 Å². The van der Waals surface area contributed by atoms with Gasteiger partial charge in [-0.05, 0) is 13.0 Å². The molecule has 2 aromatic rings. The number of fused-ring (bicyclic) bond motifs is 1. The van der Waals surface area contributed by atoms with Gasteiger partial charge in [0, 0.05) is 19.5 Å². The number of benzene rings is 1. The molecule has 0 aliphatic heterocycles. The van der Waals surface area contributed by atoms with E-state index in [-0.39, 0.29) is 0 Å². The molecule has 3 nitrogen and oxygen atoms in total. The molecule has 0 saturated carbocycles. The molecule has 0 fully saturated rings. The summed E-state index contributed by atoms with van der Waals surface area (Å²) in [7, 11) is 3.95. The number of nitrogens with zero attached hydrogens (tertiary/aromatic N) is 3. The summed E-state index contributed by atoms with van der Waals surface area (Å²) < 4.78 is 2.05. The first kappa shape index (κ1) is 9.60. The Kier molecular flexibility index (Phi) is 2.12. The molecular weight excluding hydrogens is 186 g/mol. The molecule has 0 saturated heterocycles. The lowest BCUT2D eigenvalue weighted by molar-refractivity contribution is 0.737. The molecule has 0 radical (unpaired) electrons. The van der Waals surface area contributed by atoms with Crippen molar-refractivity contribution in [1.29, 1.82) is 5.26 Å². The van der Waals surface area contributed by atoms with Crippen LogP contribution in [0.3, 0.4) is 0 Å². The maximum Gasteiger partial charge on any atom is 0.102 e. The highest BCUT2D eigenvalue weighted by Gasteiger charge is 2.13. The Morgan fingerprint density at radius 3 is 2.53 bits per heavy atom. The summed E-state index contributed by atoms with van der Waals surface area (Å²) in [6, 6.07) is 10.2. The average molecular weight is 199 g/mol. The van der Waals surface area contributed by atoms with Gasteiger partial charge in [0.2, 0.25) is 0 Å². The van der Waals surface area contributed by atoms with Gasteiger partial charge >= 0.3 is 0 Å². The van der Waals surface area contributed by atoms with Gasteiger partial charge in [0.05, 0.1) is 16.8 Å². The van der Waals surface area contributed by atoms with Gasteiger partial charge in [0.25, 0.3) is 0 Å². The van der Waals surface area contributed by atoms with Crippen LogP contribution < -0.4 is 5.01 Å². The highest BCUT2D eigenvalue weighted by Crippen LogP contribution is 2.24. The zero-order valence-electron chi connectivity index (χ0n) is 9.15. The van der Waals surface area contributed by atoms with Crippen LogP contribution in [0.2, 0.25) is 0 Å². The van der Waals surface area contributed by atoms with E-state index in [0.29, 0.717) is 0 Å². The summed E-state index contributed by atoms with van der Waals surface area (Å²) in [6.07, 6.45) is 0. The molecule has 0 atom stereocenters. The van der Waals surface area contributed by atoms with Crippen molar-refractivity contribution >= 4 is 10.9 Å². The maximum atomic E-state index is 9.13. The van der Waals surface area contributed by atoms with Crippen molar-refractivity contribution in [2.75, 3.05) is 19.1 Å². The Morgan fingerprint density at radius 2 is 1.93 bits per heavy atom. The minimum atomic E-state index is 0.763. The Morgan fingerprint density at radius 1 is 1.27 bits per heavy atom. The van der Waals surface area contributed by atoms with Gasteiger partial charge in [-0.3, -0.25) is 4.68 Å². The van der Waals surface area contributed by atoms with E-state index in [1.165, 1.54) is 0 Å². The third-order valence-corrected chi connectivity index (χ3v) is 2.59. The Bertz CT molecular complexity index is 544. The van der Waals surface area contributed by atoms with Crippen LogP contribution >= 0.6 is 0 Å². The molecule has 1 heterocycles. The van der Waals surface area contributed by atoms with Crippen LogP contribution in [0.1, 0.15) is 11.3 Å². The Labute approximate surface area is 89.1 Å². The lowest BCUT2D eigenvalue weighted by atomic mass is 10.1. The number of para-hydroxylation sites is 1. The molecule has 1 aromatic heterocycles. The first-order valence-corrected chi connectivity index (χ1v) is 4.84. The normalized spacial score (nSPS) is 10.3. The van der Waals surface area contributed by atoms with E-state index in [9.17, 15) is 0 Å².